The molecule has 0 aliphatic heterocycles. The lowest BCUT2D eigenvalue weighted by Gasteiger charge is -2.20. The molecule has 5 nitrogen and oxygen atoms in total. The lowest BCUT2D eigenvalue weighted by molar-refractivity contribution is -0.137. The Bertz CT molecular complexity index is 953. The fraction of sp³-hybridized carbons (Fsp3) is 0.0870. The fourth-order valence-corrected chi connectivity index (χ4v) is 4.05. The summed E-state index contributed by atoms with van der Waals surface area (Å²) in [6, 6.07) is 24.6. The molecule has 0 aliphatic rings. The molecular weight excluding hydrogens is 387 g/mol. The van der Waals surface area contributed by atoms with Crippen LogP contribution in [0, 0.1) is 0 Å². The second kappa shape index (κ2) is 9.76. The molecule has 6 heteroatoms. The van der Waals surface area contributed by atoms with Gasteiger partial charge in [0.2, 0.25) is 0 Å². The van der Waals surface area contributed by atoms with Crippen molar-refractivity contribution in [2.24, 2.45) is 0 Å². The average Bonchev–Trinajstić information content (AvgIpc) is 2.74. The van der Waals surface area contributed by atoms with Gasteiger partial charge in [-0.2, -0.15) is 0 Å². The summed E-state index contributed by atoms with van der Waals surface area (Å²) in [5, 5.41) is 0.401. The Kier molecular flexibility index (Phi) is 6.88. The van der Waals surface area contributed by atoms with Crippen molar-refractivity contribution in [3.05, 3.63) is 96.6 Å². The SMILES string of the molecule is CCOC(=O)/C=C/c1ccc(P(=O)(Oc2ccccc2)Oc2ccccc2)cc1. The minimum Gasteiger partial charge on any atom is -0.463 e. The normalized spacial score (nSPS) is 11.2. The second-order valence-electron chi connectivity index (χ2n) is 5.98. The van der Waals surface area contributed by atoms with Crippen LogP contribution in [0.3, 0.4) is 0 Å². The average molecular weight is 408 g/mol. The van der Waals surface area contributed by atoms with Crippen LogP contribution in [-0.2, 0) is 14.1 Å². The van der Waals surface area contributed by atoms with Gasteiger partial charge in [-0.15, -0.1) is 0 Å². The van der Waals surface area contributed by atoms with Crippen molar-refractivity contribution in [2.45, 2.75) is 6.92 Å². The van der Waals surface area contributed by atoms with Crippen LogP contribution in [0.1, 0.15) is 12.5 Å². The summed E-state index contributed by atoms with van der Waals surface area (Å²) in [7, 11) is -3.70. The summed E-state index contributed by atoms with van der Waals surface area (Å²) in [4.78, 5) is 11.5. The van der Waals surface area contributed by atoms with E-state index in [0.29, 0.717) is 23.4 Å². The predicted octanol–water partition coefficient (Wildman–Crippen LogP) is 5.24. The number of carbonyl (C=O) groups is 1. The van der Waals surface area contributed by atoms with Crippen molar-refractivity contribution in [3.8, 4) is 11.5 Å². The van der Waals surface area contributed by atoms with Crippen LogP contribution in [0.25, 0.3) is 6.08 Å². The van der Waals surface area contributed by atoms with Gasteiger partial charge in [-0.25, -0.2) is 9.36 Å². The number of para-hydroxylation sites is 2. The van der Waals surface area contributed by atoms with Crippen molar-refractivity contribution >= 4 is 24.9 Å². The molecule has 0 N–H and O–H groups in total. The van der Waals surface area contributed by atoms with Gasteiger partial charge in [0.15, 0.2) is 0 Å². The van der Waals surface area contributed by atoms with E-state index in [1.807, 2.05) is 12.1 Å². The summed E-state index contributed by atoms with van der Waals surface area (Å²) >= 11 is 0. The standard InChI is InChI=1S/C23H21O5P/c1-2-26-23(24)18-15-19-13-16-22(17-14-19)29(25,27-20-9-5-3-6-10-20)28-21-11-7-4-8-12-21/h3-18H,2H2,1H3/b18-15+. The van der Waals surface area contributed by atoms with Crippen LogP contribution in [-0.4, -0.2) is 12.6 Å². The Balaban J connectivity index is 1.87. The lowest BCUT2D eigenvalue weighted by Crippen LogP contribution is -2.14. The lowest BCUT2D eigenvalue weighted by atomic mass is 10.2. The molecule has 0 saturated carbocycles. The van der Waals surface area contributed by atoms with Gasteiger partial charge in [0, 0.05) is 6.08 Å². The van der Waals surface area contributed by atoms with E-state index in [1.54, 1.807) is 85.8 Å². The van der Waals surface area contributed by atoms with E-state index in [-0.39, 0.29) is 0 Å². The van der Waals surface area contributed by atoms with Gasteiger partial charge in [-0.1, -0.05) is 48.5 Å². The highest BCUT2D eigenvalue weighted by Gasteiger charge is 2.31. The summed E-state index contributed by atoms with van der Waals surface area (Å²) in [6.07, 6.45) is 2.97. The van der Waals surface area contributed by atoms with E-state index in [2.05, 4.69) is 0 Å². The summed E-state index contributed by atoms with van der Waals surface area (Å²) in [5.74, 6) is 0.471. The van der Waals surface area contributed by atoms with Crippen molar-refractivity contribution in [2.75, 3.05) is 6.61 Å². The number of rotatable bonds is 8. The van der Waals surface area contributed by atoms with E-state index < -0.39 is 13.6 Å². The highest BCUT2D eigenvalue weighted by molar-refractivity contribution is 7.63. The maximum absolute atomic E-state index is 13.7. The predicted molar refractivity (Wildman–Crippen MR) is 113 cm³/mol. The van der Waals surface area contributed by atoms with E-state index in [9.17, 15) is 9.36 Å². The van der Waals surface area contributed by atoms with Gasteiger partial charge in [-0.05, 0) is 55.0 Å². The molecule has 0 heterocycles. The third kappa shape index (κ3) is 5.84. The highest BCUT2D eigenvalue weighted by Crippen LogP contribution is 2.47. The molecule has 0 fully saturated rings. The zero-order valence-corrected chi connectivity index (χ0v) is 16.8. The van der Waals surface area contributed by atoms with Crippen LogP contribution in [0.5, 0.6) is 11.5 Å². The van der Waals surface area contributed by atoms with Crippen LogP contribution in [0.15, 0.2) is 91.0 Å². The van der Waals surface area contributed by atoms with Crippen molar-refractivity contribution < 1.29 is 23.1 Å². The monoisotopic (exact) mass is 408 g/mol. The van der Waals surface area contributed by atoms with Gasteiger partial charge in [0.1, 0.15) is 11.5 Å². The van der Waals surface area contributed by atoms with Crippen LogP contribution < -0.4 is 14.4 Å². The molecule has 3 rings (SSSR count). The number of esters is 1. The molecule has 0 aromatic heterocycles. The molecule has 0 atom stereocenters. The van der Waals surface area contributed by atoms with E-state index in [4.69, 9.17) is 13.8 Å². The molecule has 0 spiro atoms. The van der Waals surface area contributed by atoms with Crippen molar-refractivity contribution in [1.82, 2.24) is 0 Å². The summed E-state index contributed by atoms with van der Waals surface area (Å²) < 4.78 is 30.2. The highest BCUT2D eigenvalue weighted by atomic mass is 31.2. The second-order valence-corrected chi connectivity index (χ2v) is 7.86. The van der Waals surface area contributed by atoms with E-state index in [0.717, 1.165) is 5.56 Å². The summed E-state index contributed by atoms with van der Waals surface area (Å²) in [6.45, 7) is 2.07. The van der Waals surface area contributed by atoms with E-state index >= 15 is 0 Å². The van der Waals surface area contributed by atoms with Crippen LogP contribution in [0.4, 0.5) is 0 Å². The number of ether oxygens (including phenoxy) is 1. The Labute approximate surface area is 170 Å². The molecule has 0 radical (unpaired) electrons. The smallest absolute Gasteiger partial charge is 0.462 e. The first-order chi connectivity index (χ1) is 14.1. The van der Waals surface area contributed by atoms with Crippen LogP contribution in [0.2, 0.25) is 0 Å². The first kappa shape index (κ1) is 20.4. The molecule has 0 aliphatic carbocycles. The maximum atomic E-state index is 13.7. The quantitative estimate of drug-likeness (QED) is 0.290. The Morgan fingerprint density at radius 3 is 1.83 bits per heavy atom. The minimum atomic E-state index is -3.70. The van der Waals surface area contributed by atoms with Crippen molar-refractivity contribution in [3.63, 3.8) is 0 Å². The number of benzene rings is 3. The third-order valence-corrected chi connectivity index (χ3v) is 5.68. The first-order valence-corrected chi connectivity index (χ1v) is 10.7. The number of hydrogen-bond acceptors (Lipinski definition) is 5. The molecule has 3 aromatic rings. The van der Waals surface area contributed by atoms with Gasteiger partial charge < -0.3 is 13.8 Å². The zero-order valence-electron chi connectivity index (χ0n) is 15.9. The third-order valence-electron chi connectivity index (χ3n) is 3.85. The fourth-order valence-electron chi connectivity index (χ4n) is 2.49. The van der Waals surface area contributed by atoms with Gasteiger partial charge in [-0.3, -0.25) is 0 Å². The van der Waals surface area contributed by atoms with E-state index in [1.165, 1.54) is 6.08 Å². The van der Waals surface area contributed by atoms with Gasteiger partial charge in [0.05, 0.1) is 11.9 Å². The van der Waals surface area contributed by atoms with Gasteiger partial charge >= 0.3 is 13.6 Å². The molecular formula is C23H21O5P. The molecule has 148 valence electrons. The Hall–Kier alpha value is -3.30. The Morgan fingerprint density at radius 1 is 0.828 bits per heavy atom. The Morgan fingerprint density at radius 2 is 1.34 bits per heavy atom. The zero-order chi connectivity index (χ0) is 20.5. The summed E-state index contributed by atoms with van der Waals surface area (Å²) in [5.41, 5.74) is 0.757. The molecule has 29 heavy (non-hydrogen) atoms. The number of carbonyl (C=O) groups excluding carboxylic acids is 1. The largest absolute Gasteiger partial charge is 0.463 e. The molecule has 0 unspecified atom stereocenters. The molecule has 3 aromatic carbocycles. The topological polar surface area (TPSA) is 61.8 Å². The van der Waals surface area contributed by atoms with Crippen molar-refractivity contribution in [1.29, 1.82) is 0 Å². The molecule has 0 amide bonds. The minimum absolute atomic E-state index is 0.318. The number of hydrogen-bond donors (Lipinski definition) is 0. The van der Waals surface area contributed by atoms with Gasteiger partial charge in [0.25, 0.3) is 0 Å². The maximum Gasteiger partial charge on any atom is 0.462 e. The first-order valence-electron chi connectivity index (χ1n) is 9.14. The van der Waals surface area contributed by atoms with Crippen LogP contribution >= 0.6 is 7.60 Å². The molecule has 0 bridgehead atoms. The molecule has 0 saturated heterocycles.